The highest BCUT2D eigenvalue weighted by molar-refractivity contribution is 7.51. The van der Waals surface area contributed by atoms with Crippen molar-refractivity contribution in [2.24, 2.45) is 0 Å². The van der Waals surface area contributed by atoms with Crippen LogP contribution in [0, 0.1) is 0 Å². The van der Waals surface area contributed by atoms with Crippen molar-refractivity contribution in [1.82, 2.24) is 0 Å². The SMILES string of the molecule is CCCCCCCCCCCc1cc[pH]c1[P]. The van der Waals surface area contributed by atoms with Crippen molar-refractivity contribution in [3.63, 3.8) is 0 Å². The van der Waals surface area contributed by atoms with Crippen molar-refractivity contribution in [2.75, 3.05) is 0 Å². The highest BCUT2D eigenvalue weighted by atomic mass is 31.1. The fourth-order valence-electron chi connectivity index (χ4n) is 2.22. The van der Waals surface area contributed by atoms with Gasteiger partial charge < -0.3 is 0 Å². The zero-order chi connectivity index (χ0) is 12.3. The summed E-state index contributed by atoms with van der Waals surface area (Å²) in [5.74, 6) is 2.26. The molecule has 1 aromatic rings. The number of hydrogen-bond donors (Lipinski definition) is 0. The van der Waals surface area contributed by atoms with Crippen LogP contribution < -0.4 is 5.04 Å². The zero-order valence-electron chi connectivity index (χ0n) is 11.2. The lowest BCUT2D eigenvalue weighted by molar-refractivity contribution is 0.565. The summed E-state index contributed by atoms with van der Waals surface area (Å²) < 4.78 is 0. The molecule has 1 atom stereocenters. The molecule has 0 saturated carbocycles. The van der Waals surface area contributed by atoms with Gasteiger partial charge in [0.25, 0.3) is 0 Å². The van der Waals surface area contributed by atoms with Gasteiger partial charge in [-0.2, -0.15) is 0 Å². The Morgan fingerprint density at radius 1 is 0.941 bits per heavy atom. The molecule has 0 amide bonds. The maximum absolute atomic E-state index is 4.51. The van der Waals surface area contributed by atoms with Crippen LogP contribution in [0.4, 0.5) is 0 Å². The second-order valence-electron chi connectivity index (χ2n) is 4.93. The van der Waals surface area contributed by atoms with E-state index in [2.05, 4.69) is 28.0 Å². The second-order valence-corrected chi connectivity index (χ2v) is 6.92. The highest BCUT2D eigenvalue weighted by Crippen LogP contribution is 2.16. The van der Waals surface area contributed by atoms with Gasteiger partial charge in [0.05, 0.1) is 0 Å². The third-order valence-corrected chi connectivity index (χ3v) is 4.96. The fourth-order valence-corrected chi connectivity index (χ4v) is 3.47. The van der Waals surface area contributed by atoms with Gasteiger partial charge in [-0.25, -0.2) is 0 Å². The third-order valence-electron chi connectivity index (χ3n) is 3.36. The minimum Gasteiger partial charge on any atom is -0.131 e. The molecule has 0 N–H and O–H groups in total. The molecule has 0 spiro atoms. The van der Waals surface area contributed by atoms with Crippen molar-refractivity contribution in [2.45, 2.75) is 71.1 Å². The summed E-state index contributed by atoms with van der Waals surface area (Å²) in [4.78, 5) is 0. The van der Waals surface area contributed by atoms with E-state index in [1.165, 1.54) is 74.8 Å². The van der Waals surface area contributed by atoms with Crippen LogP contribution in [0.25, 0.3) is 0 Å². The lowest BCUT2D eigenvalue weighted by Crippen LogP contribution is -1.93. The van der Waals surface area contributed by atoms with Gasteiger partial charge in [-0.3, -0.25) is 0 Å². The number of aryl methyl sites for hydroxylation is 1. The van der Waals surface area contributed by atoms with Crippen molar-refractivity contribution >= 4 is 22.5 Å². The fraction of sp³-hybridized carbons (Fsp3) is 0.733. The molecular formula is C15H26P2. The van der Waals surface area contributed by atoms with E-state index in [4.69, 9.17) is 0 Å². The first-order valence-corrected chi connectivity index (χ1v) is 8.72. The lowest BCUT2D eigenvalue weighted by Gasteiger charge is -2.02. The van der Waals surface area contributed by atoms with Gasteiger partial charge in [-0.05, 0) is 33.4 Å². The summed E-state index contributed by atoms with van der Waals surface area (Å²) in [5.41, 5.74) is 1.50. The number of hydrogen-bond acceptors (Lipinski definition) is 0. The summed E-state index contributed by atoms with van der Waals surface area (Å²) in [6.07, 6.45) is 14.0. The molecule has 0 aliphatic heterocycles. The molecule has 0 fully saturated rings. The summed E-state index contributed by atoms with van der Waals surface area (Å²) in [6.45, 7) is 2.28. The average molecular weight is 268 g/mol. The Bertz CT molecular complexity index is 278. The van der Waals surface area contributed by atoms with Crippen molar-refractivity contribution in [3.05, 3.63) is 17.4 Å². The zero-order valence-corrected chi connectivity index (χ0v) is 13.1. The van der Waals surface area contributed by atoms with Crippen molar-refractivity contribution < 1.29 is 0 Å². The van der Waals surface area contributed by atoms with Gasteiger partial charge in [-0.15, -0.1) is 8.19 Å². The van der Waals surface area contributed by atoms with E-state index in [1.54, 1.807) is 0 Å². The van der Waals surface area contributed by atoms with Crippen LogP contribution in [-0.2, 0) is 6.42 Å². The normalized spacial score (nSPS) is 11.4. The van der Waals surface area contributed by atoms with Crippen LogP contribution in [0.1, 0.15) is 70.3 Å². The van der Waals surface area contributed by atoms with E-state index < -0.39 is 0 Å². The maximum Gasteiger partial charge on any atom is 0.00548 e. The molecule has 1 unspecified atom stereocenters. The monoisotopic (exact) mass is 268 g/mol. The van der Waals surface area contributed by atoms with Crippen molar-refractivity contribution in [3.8, 4) is 0 Å². The topological polar surface area (TPSA) is 0 Å². The average Bonchev–Trinajstić information content (AvgIpc) is 2.73. The van der Waals surface area contributed by atoms with E-state index in [0.29, 0.717) is 0 Å². The van der Waals surface area contributed by atoms with Crippen LogP contribution in [-0.4, -0.2) is 0 Å². The number of rotatable bonds is 10. The first kappa shape index (κ1) is 15.3. The van der Waals surface area contributed by atoms with Crippen molar-refractivity contribution in [1.29, 1.82) is 0 Å². The lowest BCUT2D eigenvalue weighted by atomic mass is 10.1. The maximum atomic E-state index is 4.51. The Morgan fingerprint density at radius 2 is 1.53 bits per heavy atom. The molecule has 1 heterocycles. The van der Waals surface area contributed by atoms with Crippen LogP contribution in [0.5, 0.6) is 0 Å². The molecular weight excluding hydrogens is 242 g/mol. The molecule has 17 heavy (non-hydrogen) atoms. The van der Waals surface area contributed by atoms with Gasteiger partial charge in [0.2, 0.25) is 0 Å². The molecule has 2 heteroatoms. The molecule has 0 nitrogen and oxygen atoms in total. The van der Waals surface area contributed by atoms with E-state index in [1.807, 2.05) is 0 Å². The Balaban J connectivity index is 1.86. The Labute approximate surface area is 111 Å². The van der Waals surface area contributed by atoms with Crippen LogP contribution in [0.3, 0.4) is 0 Å². The predicted molar refractivity (Wildman–Crippen MR) is 83.4 cm³/mol. The van der Waals surface area contributed by atoms with E-state index in [0.717, 1.165) is 8.19 Å². The first-order valence-electron chi connectivity index (χ1n) is 7.19. The van der Waals surface area contributed by atoms with Crippen LogP contribution >= 0.6 is 17.4 Å². The van der Waals surface area contributed by atoms with Crippen LogP contribution in [0.2, 0.25) is 0 Å². The second kappa shape index (κ2) is 10.2. The van der Waals surface area contributed by atoms with E-state index >= 15 is 0 Å². The molecule has 0 saturated heterocycles. The van der Waals surface area contributed by atoms with Crippen LogP contribution in [0.15, 0.2) is 11.9 Å². The molecule has 1 rings (SSSR count). The standard InChI is InChI=1S/C15H26P2/c1-2-3-4-5-6-7-8-9-10-11-14-12-13-17-15(14)16/h12-13,17H,2-11H2,1H3. The minimum absolute atomic E-state index is 0.838. The van der Waals surface area contributed by atoms with E-state index in [-0.39, 0.29) is 0 Å². The predicted octanol–water partition coefficient (Wildman–Crippen LogP) is 5.83. The molecule has 96 valence electrons. The summed E-state index contributed by atoms with van der Waals surface area (Å²) in [6, 6.07) is 2.27. The molecule has 0 aromatic carbocycles. The Hall–Kier alpha value is 0.210. The van der Waals surface area contributed by atoms with Gasteiger partial charge in [-0.1, -0.05) is 64.4 Å². The molecule has 0 aliphatic rings. The summed E-state index contributed by atoms with van der Waals surface area (Å²) in [5, 5.41) is 1.32. The minimum atomic E-state index is 0.838. The smallest absolute Gasteiger partial charge is 0.00548 e. The third kappa shape index (κ3) is 7.28. The largest absolute Gasteiger partial charge is 0.131 e. The molecule has 0 bridgehead atoms. The summed E-state index contributed by atoms with van der Waals surface area (Å²) >= 11 is 0. The first-order chi connectivity index (χ1) is 8.34. The quantitative estimate of drug-likeness (QED) is 0.370. The Kier molecular flexibility index (Phi) is 9.13. The number of unbranched alkanes of at least 4 members (excludes halogenated alkanes) is 8. The van der Waals surface area contributed by atoms with E-state index in [9.17, 15) is 0 Å². The van der Waals surface area contributed by atoms with Gasteiger partial charge in [0.15, 0.2) is 0 Å². The highest BCUT2D eigenvalue weighted by Gasteiger charge is 1.98. The Morgan fingerprint density at radius 3 is 2.06 bits per heavy atom. The molecule has 0 aliphatic carbocycles. The molecule has 2 radical (unpaired) electrons. The van der Waals surface area contributed by atoms with Gasteiger partial charge >= 0.3 is 0 Å². The summed E-state index contributed by atoms with van der Waals surface area (Å²) in [7, 11) is 5.35. The van der Waals surface area contributed by atoms with Gasteiger partial charge in [0, 0.05) is 5.04 Å². The van der Waals surface area contributed by atoms with Gasteiger partial charge in [0.1, 0.15) is 0 Å². The molecule has 1 aromatic heterocycles.